The van der Waals surface area contributed by atoms with Crippen molar-refractivity contribution in [2.24, 2.45) is 0 Å². The summed E-state index contributed by atoms with van der Waals surface area (Å²) in [6, 6.07) is 10.9. The molecule has 0 radical (unpaired) electrons. The normalized spacial score (nSPS) is 16.9. The smallest absolute Gasteiger partial charge is 0.257 e. The first-order valence-electron chi connectivity index (χ1n) is 12.1. The Morgan fingerprint density at radius 3 is 2.49 bits per heavy atom. The Kier molecular flexibility index (Phi) is 6.88. The number of anilines is 2. The number of aromatic nitrogens is 2. The average molecular weight is 524 g/mol. The fourth-order valence-corrected chi connectivity index (χ4v) is 5.17. The topological polar surface area (TPSA) is 98.2 Å². The number of ether oxygens (including phenoxy) is 3. The van der Waals surface area contributed by atoms with Crippen LogP contribution in [-0.2, 0) is 4.79 Å². The minimum Gasteiger partial charge on any atom is -0.497 e. The zero-order valence-corrected chi connectivity index (χ0v) is 21.8. The van der Waals surface area contributed by atoms with Crippen molar-refractivity contribution in [2.75, 3.05) is 57.7 Å². The molecule has 0 spiro atoms. The van der Waals surface area contributed by atoms with Gasteiger partial charge in [-0.25, -0.2) is 9.55 Å². The van der Waals surface area contributed by atoms with Crippen molar-refractivity contribution < 1.29 is 23.8 Å². The van der Waals surface area contributed by atoms with Gasteiger partial charge in [0.25, 0.3) is 5.91 Å². The molecule has 2 aromatic carbocycles. The summed E-state index contributed by atoms with van der Waals surface area (Å²) in [6.07, 6.45) is 0.616. The van der Waals surface area contributed by atoms with Crippen LogP contribution in [0.1, 0.15) is 17.6 Å². The highest BCUT2D eigenvalue weighted by molar-refractivity contribution is 7.71. The summed E-state index contributed by atoms with van der Waals surface area (Å²) < 4.78 is 17.7. The second-order valence-electron chi connectivity index (χ2n) is 8.95. The van der Waals surface area contributed by atoms with Gasteiger partial charge in [-0.2, -0.15) is 0 Å². The summed E-state index contributed by atoms with van der Waals surface area (Å²) in [7, 11) is 4.75. The first-order chi connectivity index (χ1) is 17.9. The summed E-state index contributed by atoms with van der Waals surface area (Å²) in [6.45, 7) is 2.74. The van der Waals surface area contributed by atoms with Gasteiger partial charge >= 0.3 is 0 Å². The van der Waals surface area contributed by atoms with Crippen molar-refractivity contribution in [1.82, 2.24) is 14.5 Å². The summed E-state index contributed by atoms with van der Waals surface area (Å²) in [4.78, 5) is 34.7. The van der Waals surface area contributed by atoms with E-state index in [4.69, 9.17) is 26.4 Å². The Labute approximate surface area is 219 Å². The molecule has 37 heavy (non-hydrogen) atoms. The van der Waals surface area contributed by atoms with Crippen LogP contribution >= 0.6 is 12.2 Å². The number of nitrogens with one attached hydrogen (secondary N) is 1. The van der Waals surface area contributed by atoms with Crippen LogP contribution in [0.4, 0.5) is 11.5 Å². The van der Waals surface area contributed by atoms with Crippen molar-refractivity contribution in [3.63, 3.8) is 0 Å². The molecule has 3 heterocycles. The van der Waals surface area contributed by atoms with Crippen molar-refractivity contribution in [3.05, 3.63) is 41.2 Å². The van der Waals surface area contributed by atoms with Crippen LogP contribution in [0.15, 0.2) is 36.4 Å². The minimum atomic E-state index is -0.566. The van der Waals surface area contributed by atoms with Crippen LogP contribution in [0, 0.1) is 4.77 Å². The molecule has 0 saturated carbocycles. The minimum absolute atomic E-state index is 0.0360. The van der Waals surface area contributed by atoms with E-state index in [9.17, 15) is 9.59 Å². The maximum atomic E-state index is 13.2. The van der Waals surface area contributed by atoms with Gasteiger partial charge in [0, 0.05) is 55.8 Å². The SMILES string of the molecule is COc1cccc(N2CCN(C(=O)CCC3Nc4c5cc(OC)c(OC)cc5nc(=S)n4C3=O)CC2)c1. The van der Waals surface area contributed by atoms with Crippen LogP contribution in [0.25, 0.3) is 10.9 Å². The molecule has 3 aromatic rings. The molecule has 2 aliphatic heterocycles. The van der Waals surface area contributed by atoms with Crippen LogP contribution in [-0.4, -0.2) is 79.8 Å². The lowest BCUT2D eigenvalue weighted by Crippen LogP contribution is -2.49. The molecule has 1 fully saturated rings. The number of carbonyl (C=O) groups is 2. The van der Waals surface area contributed by atoms with Crippen molar-refractivity contribution in [3.8, 4) is 17.2 Å². The summed E-state index contributed by atoms with van der Waals surface area (Å²) >= 11 is 5.41. The van der Waals surface area contributed by atoms with Gasteiger partial charge in [-0.15, -0.1) is 0 Å². The quantitative estimate of drug-likeness (QED) is 0.468. The molecular weight excluding hydrogens is 494 g/mol. The molecule has 0 bridgehead atoms. The van der Waals surface area contributed by atoms with Gasteiger partial charge in [0.05, 0.1) is 26.8 Å². The largest absolute Gasteiger partial charge is 0.497 e. The van der Waals surface area contributed by atoms with Gasteiger partial charge in [0.15, 0.2) is 11.5 Å². The fraction of sp³-hybridized carbons (Fsp3) is 0.385. The Morgan fingerprint density at radius 1 is 1.05 bits per heavy atom. The number of rotatable bonds is 7. The Morgan fingerprint density at radius 2 is 1.78 bits per heavy atom. The lowest BCUT2D eigenvalue weighted by molar-refractivity contribution is -0.131. The predicted octanol–water partition coefficient (Wildman–Crippen LogP) is 3.35. The van der Waals surface area contributed by atoms with Gasteiger partial charge in [-0.05, 0) is 36.8 Å². The zero-order chi connectivity index (χ0) is 26.1. The Bertz CT molecular complexity index is 1420. The number of hydrogen-bond donors (Lipinski definition) is 1. The molecule has 1 saturated heterocycles. The molecule has 2 aliphatic rings. The zero-order valence-electron chi connectivity index (χ0n) is 21.0. The molecule has 1 amide bonds. The number of hydrogen-bond acceptors (Lipinski definition) is 9. The highest BCUT2D eigenvalue weighted by Crippen LogP contribution is 2.37. The number of piperazine rings is 1. The van der Waals surface area contributed by atoms with Crippen LogP contribution in [0.3, 0.4) is 0 Å². The molecule has 5 rings (SSSR count). The summed E-state index contributed by atoms with van der Waals surface area (Å²) in [5, 5.41) is 3.97. The first kappa shape index (κ1) is 24.8. The molecule has 0 aliphatic carbocycles. The van der Waals surface area contributed by atoms with Crippen LogP contribution < -0.4 is 24.4 Å². The van der Waals surface area contributed by atoms with E-state index >= 15 is 0 Å². The standard InChI is InChI=1S/C26H29N5O5S/c1-34-17-6-4-5-16(13-17)29-9-11-30(12-10-29)23(32)8-7-19-25(33)31-24(27-19)18-14-21(35-2)22(36-3)15-20(18)28-26(31)37/h4-6,13-15,19,27H,7-12H2,1-3H3. The maximum Gasteiger partial charge on any atom is 0.257 e. The van der Waals surface area contributed by atoms with E-state index in [-0.39, 0.29) is 23.0 Å². The molecule has 194 valence electrons. The third-order valence-electron chi connectivity index (χ3n) is 6.92. The monoisotopic (exact) mass is 523 g/mol. The Balaban J connectivity index is 1.24. The summed E-state index contributed by atoms with van der Waals surface area (Å²) in [5.41, 5.74) is 1.68. The van der Waals surface area contributed by atoms with E-state index in [1.807, 2.05) is 29.2 Å². The highest BCUT2D eigenvalue weighted by Gasteiger charge is 2.33. The first-order valence-corrected chi connectivity index (χ1v) is 12.5. The van der Waals surface area contributed by atoms with E-state index in [1.165, 1.54) is 4.57 Å². The molecule has 10 nitrogen and oxygen atoms in total. The van der Waals surface area contributed by atoms with Gasteiger partial charge in [-0.3, -0.25) is 9.59 Å². The number of nitrogens with zero attached hydrogens (tertiary/aromatic N) is 4. The predicted molar refractivity (Wildman–Crippen MR) is 143 cm³/mol. The lowest BCUT2D eigenvalue weighted by atomic mass is 10.1. The van der Waals surface area contributed by atoms with E-state index in [2.05, 4.69) is 15.2 Å². The molecule has 11 heteroatoms. The number of carbonyl (C=O) groups excluding carboxylic acids is 2. The van der Waals surface area contributed by atoms with Gasteiger partial charge in [0.2, 0.25) is 10.7 Å². The van der Waals surface area contributed by atoms with E-state index in [0.29, 0.717) is 47.7 Å². The number of methoxy groups -OCH3 is 3. The van der Waals surface area contributed by atoms with E-state index < -0.39 is 6.04 Å². The molecule has 1 aromatic heterocycles. The molecule has 1 unspecified atom stereocenters. The molecule has 1 N–H and O–H groups in total. The summed E-state index contributed by atoms with van der Waals surface area (Å²) in [5.74, 6) is 2.25. The second kappa shape index (κ2) is 10.3. The number of fused-ring (bicyclic) bond motifs is 3. The maximum absolute atomic E-state index is 13.2. The lowest BCUT2D eigenvalue weighted by Gasteiger charge is -2.36. The van der Waals surface area contributed by atoms with Crippen LogP contribution in [0.5, 0.6) is 17.2 Å². The third-order valence-corrected chi connectivity index (χ3v) is 7.19. The van der Waals surface area contributed by atoms with E-state index in [1.54, 1.807) is 33.5 Å². The third kappa shape index (κ3) is 4.66. The van der Waals surface area contributed by atoms with Crippen molar-refractivity contribution in [1.29, 1.82) is 0 Å². The van der Waals surface area contributed by atoms with Gasteiger partial charge < -0.3 is 29.3 Å². The van der Waals surface area contributed by atoms with Gasteiger partial charge in [0.1, 0.15) is 17.6 Å². The fourth-order valence-electron chi connectivity index (χ4n) is 4.89. The van der Waals surface area contributed by atoms with E-state index in [0.717, 1.165) is 24.5 Å². The van der Waals surface area contributed by atoms with Crippen molar-refractivity contribution >= 4 is 46.4 Å². The van der Waals surface area contributed by atoms with Crippen molar-refractivity contribution in [2.45, 2.75) is 18.9 Å². The second-order valence-corrected chi connectivity index (χ2v) is 9.31. The number of benzene rings is 2. The highest BCUT2D eigenvalue weighted by atomic mass is 32.1. The Hall–Kier alpha value is -3.86. The van der Waals surface area contributed by atoms with Crippen LogP contribution in [0.2, 0.25) is 0 Å². The molecular formula is C26H29N5O5S. The van der Waals surface area contributed by atoms with Gasteiger partial charge in [-0.1, -0.05) is 6.07 Å². The average Bonchev–Trinajstić information content (AvgIpc) is 3.27. The number of amides is 1. The molecule has 1 atom stereocenters.